The molecule has 1 aromatic carbocycles. The van der Waals surface area contributed by atoms with Crippen molar-refractivity contribution in [1.82, 2.24) is 4.57 Å². The summed E-state index contributed by atoms with van der Waals surface area (Å²) >= 11 is 3.34. The van der Waals surface area contributed by atoms with Gasteiger partial charge in [0.2, 0.25) is 0 Å². The molecule has 0 radical (unpaired) electrons. The first kappa shape index (κ1) is 15.5. The molecule has 0 N–H and O–H groups in total. The van der Waals surface area contributed by atoms with Crippen LogP contribution in [0.25, 0.3) is 10.2 Å². The molecule has 6 heteroatoms. The summed E-state index contributed by atoms with van der Waals surface area (Å²) in [6, 6.07) is 8.39. The Kier molecular flexibility index (Phi) is 4.88. The maximum Gasteiger partial charge on any atom is 0.192 e. The van der Waals surface area contributed by atoms with Crippen LogP contribution in [0.2, 0.25) is 19.6 Å². The fraction of sp³-hybridized carbons (Fsp3) is 0.429. The molecule has 0 aliphatic heterocycles. The van der Waals surface area contributed by atoms with Gasteiger partial charge < -0.3 is 4.57 Å². The Labute approximate surface area is 129 Å². The van der Waals surface area contributed by atoms with Crippen molar-refractivity contribution in [3.8, 4) is 0 Å². The van der Waals surface area contributed by atoms with Gasteiger partial charge in [-0.25, -0.2) is 0 Å². The van der Waals surface area contributed by atoms with Gasteiger partial charge in [-0.2, -0.15) is 4.99 Å². The average molecular weight is 324 g/mol. The molecule has 1 aromatic heterocycles. The predicted molar refractivity (Wildman–Crippen MR) is 95.5 cm³/mol. The third kappa shape index (κ3) is 3.83. The molecule has 0 saturated heterocycles. The summed E-state index contributed by atoms with van der Waals surface area (Å²) < 4.78 is 3.40. The van der Waals surface area contributed by atoms with Crippen molar-refractivity contribution in [2.24, 2.45) is 17.0 Å². The summed E-state index contributed by atoms with van der Waals surface area (Å²) in [5.41, 5.74) is 1.22. The second-order valence-corrected chi connectivity index (χ2v) is 13.1. The third-order valence-electron chi connectivity index (χ3n) is 2.78. The number of hydrogen-bond acceptors (Lipinski definition) is 3. The number of aliphatic imine (C=N–C) groups is 1. The van der Waals surface area contributed by atoms with Crippen LogP contribution >= 0.6 is 23.1 Å². The number of amidine groups is 1. The van der Waals surface area contributed by atoms with Crippen molar-refractivity contribution >= 4 is 46.6 Å². The molecule has 0 fully saturated rings. The van der Waals surface area contributed by atoms with Crippen LogP contribution in [0.3, 0.4) is 0 Å². The molecule has 0 aliphatic rings. The number of rotatable bonds is 2. The number of para-hydroxylation sites is 1. The Hall–Kier alpha value is -0.853. The molecule has 0 saturated carbocycles. The summed E-state index contributed by atoms with van der Waals surface area (Å²) in [5, 5.41) is 0.884. The average Bonchev–Trinajstić information content (AvgIpc) is 2.71. The van der Waals surface area contributed by atoms with Crippen LogP contribution in [-0.2, 0) is 7.05 Å². The summed E-state index contributed by atoms with van der Waals surface area (Å²) in [7, 11) is 0.901. The van der Waals surface area contributed by atoms with Crippen LogP contribution in [0, 0.1) is 0 Å². The third-order valence-corrected chi connectivity index (χ3v) is 5.58. The summed E-state index contributed by atoms with van der Waals surface area (Å²) in [4.78, 5) is 10.4. The highest BCUT2D eigenvalue weighted by molar-refractivity contribution is 8.13. The maximum atomic E-state index is 4.73. The molecule has 20 heavy (non-hydrogen) atoms. The molecule has 0 amide bonds. The zero-order valence-corrected chi connectivity index (χ0v) is 15.3. The lowest BCUT2D eigenvalue weighted by Crippen LogP contribution is -2.25. The summed E-state index contributed by atoms with van der Waals surface area (Å²) in [6.45, 7) is 6.98. The standard InChI is InChI=1S/C14H21N3S2Si/c1-17-11-8-6-7-9-12(11)19-14(17)16-13(18-2)15-10-20(3,4)5/h6-9H,10H2,1-5H3/b15-13-,16-14-. The van der Waals surface area contributed by atoms with Crippen molar-refractivity contribution in [3.05, 3.63) is 29.1 Å². The van der Waals surface area contributed by atoms with E-state index in [1.807, 2.05) is 6.26 Å². The van der Waals surface area contributed by atoms with E-state index in [0.29, 0.717) is 0 Å². The minimum absolute atomic E-state index is 0.884. The highest BCUT2D eigenvalue weighted by Gasteiger charge is 2.12. The molecule has 1 heterocycles. The Balaban J connectivity index is 2.43. The number of fused-ring (bicyclic) bond motifs is 1. The normalized spacial score (nSPS) is 14.2. The van der Waals surface area contributed by atoms with Crippen LogP contribution in [0.4, 0.5) is 0 Å². The first-order chi connectivity index (χ1) is 9.40. The SMILES string of the molecule is CSC(=N\C[Si](C)(C)C)/N=c1\sc2ccccc2n1C. The number of nitrogens with zero attached hydrogens (tertiary/aromatic N) is 3. The van der Waals surface area contributed by atoms with E-state index in [4.69, 9.17) is 4.99 Å². The van der Waals surface area contributed by atoms with Gasteiger partial charge in [0.25, 0.3) is 0 Å². The Bertz CT molecular complexity index is 692. The van der Waals surface area contributed by atoms with E-state index in [0.717, 1.165) is 16.1 Å². The Morgan fingerprint density at radius 1 is 1.30 bits per heavy atom. The predicted octanol–water partition coefficient (Wildman–Crippen LogP) is 3.74. The zero-order valence-electron chi connectivity index (χ0n) is 12.7. The molecule has 0 spiro atoms. The highest BCUT2D eigenvalue weighted by Crippen LogP contribution is 2.15. The monoisotopic (exact) mass is 323 g/mol. The topological polar surface area (TPSA) is 29.6 Å². The van der Waals surface area contributed by atoms with E-state index < -0.39 is 8.07 Å². The van der Waals surface area contributed by atoms with Crippen molar-refractivity contribution in [2.45, 2.75) is 19.6 Å². The number of hydrogen-bond donors (Lipinski definition) is 0. The van der Waals surface area contributed by atoms with Crippen molar-refractivity contribution < 1.29 is 0 Å². The molecule has 0 bridgehead atoms. The van der Waals surface area contributed by atoms with Gasteiger partial charge in [0, 0.05) is 13.2 Å². The zero-order chi connectivity index (χ0) is 14.8. The van der Waals surface area contributed by atoms with Crippen molar-refractivity contribution in [3.63, 3.8) is 0 Å². The van der Waals surface area contributed by atoms with Gasteiger partial charge >= 0.3 is 0 Å². The molecule has 2 aromatic rings. The minimum atomic E-state index is -1.16. The molecule has 3 nitrogen and oxygen atoms in total. The second kappa shape index (κ2) is 6.28. The Morgan fingerprint density at radius 2 is 2.00 bits per heavy atom. The molecular formula is C14H21N3S2Si. The van der Waals surface area contributed by atoms with Crippen LogP contribution in [0.15, 0.2) is 34.3 Å². The quantitative estimate of drug-likeness (QED) is 0.470. The lowest BCUT2D eigenvalue weighted by atomic mass is 10.3. The molecule has 0 unspecified atom stereocenters. The van der Waals surface area contributed by atoms with Crippen LogP contribution in [0.1, 0.15) is 0 Å². The fourth-order valence-electron chi connectivity index (χ4n) is 1.72. The minimum Gasteiger partial charge on any atom is -0.319 e. The maximum absolute atomic E-state index is 4.73. The van der Waals surface area contributed by atoms with Gasteiger partial charge in [-0.15, -0.1) is 0 Å². The first-order valence-corrected chi connectivity index (χ1v) is 12.3. The van der Waals surface area contributed by atoms with Gasteiger partial charge in [-0.3, -0.25) is 4.99 Å². The number of aryl methyl sites for hydroxylation is 1. The van der Waals surface area contributed by atoms with Gasteiger partial charge in [0.15, 0.2) is 9.97 Å². The smallest absolute Gasteiger partial charge is 0.192 e. The van der Waals surface area contributed by atoms with E-state index in [2.05, 4.69) is 60.5 Å². The number of aromatic nitrogens is 1. The number of benzene rings is 1. The summed E-state index contributed by atoms with van der Waals surface area (Å²) in [5.74, 6) is 0. The lowest BCUT2D eigenvalue weighted by Gasteiger charge is -2.11. The molecular weight excluding hydrogens is 302 g/mol. The van der Waals surface area contributed by atoms with Crippen LogP contribution in [-0.4, -0.2) is 30.2 Å². The molecule has 108 valence electrons. The van der Waals surface area contributed by atoms with Gasteiger partial charge in [-0.1, -0.05) is 54.9 Å². The first-order valence-electron chi connectivity index (χ1n) is 6.58. The van der Waals surface area contributed by atoms with E-state index in [1.54, 1.807) is 23.1 Å². The largest absolute Gasteiger partial charge is 0.319 e. The van der Waals surface area contributed by atoms with Crippen LogP contribution in [0.5, 0.6) is 0 Å². The highest BCUT2D eigenvalue weighted by atomic mass is 32.2. The number of thiazole rings is 1. The van der Waals surface area contributed by atoms with E-state index >= 15 is 0 Å². The number of thioether (sulfide) groups is 1. The molecule has 0 atom stereocenters. The van der Waals surface area contributed by atoms with Crippen molar-refractivity contribution in [1.29, 1.82) is 0 Å². The van der Waals surface area contributed by atoms with Gasteiger partial charge in [0.05, 0.1) is 18.3 Å². The van der Waals surface area contributed by atoms with Gasteiger partial charge in [0.1, 0.15) is 0 Å². The Morgan fingerprint density at radius 3 is 2.60 bits per heavy atom. The molecule has 0 aliphatic carbocycles. The lowest BCUT2D eigenvalue weighted by molar-refractivity contribution is 0.917. The van der Waals surface area contributed by atoms with E-state index in [1.165, 1.54) is 10.2 Å². The van der Waals surface area contributed by atoms with Gasteiger partial charge in [-0.05, 0) is 18.4 Å². The van der Waals surface area contributed by atoms with Crippen molar-refractivity contribution in [2.75, 3.05) is 12.4 Å². The van der Waals surface area contributed by atoms with Crippen LogP contribution < -0.4 is 4.80 Å². The fourth-order valence-corrected chi connectivity index (χ4v) is 3.91. The summed E-state index contributed by atoms with van der Waals surface area (Å²) in [6.07, 6.45) is 2.97. The molecule has 2 rings (SSSR count). The van der Waals surface area contributed by atoms with E-state index in [-0.39, 0.29) is 0 Å². The van der Waals surface area contributed by atoms with E-state index in [9.17, 15) is 0 Å². The second-order valence-electron chi connectivity index (χ2n) is 5.89.